The van der Waals surface area contributed by atoms with Gasteiger partial charge in [0.2, 0.25) is 11.8 Å². The van der Waals surface area contributed by atoms with Crippen LogP contribution in [-0.2, 0) is 19.2 Å². The molecular weight excluding hydrogens is 474 g/mol. The predicted molar refractivity (Wildman–Crippen MR) is 147 cm³/mol. The van der Waals surface area contributed by atoms with Crippen molar-refractivity contribution in [2.24, 2.45) is 0 Å². The van der Waals surface area contributed by atoms with Crippen LogP contribution in [0.4, 0.5) is 0 Å². The van der Waals surface area contributed by atoms with Crippen molar-refractivity contribution in [1.82, 2.24) is 15.5 Å². The third-order valence-corrected chi connectivity index (χ3v) is 6.51. The Kier molecular flexibility index (Phi) is 24.0. The van der Waals surface area contributed by atoms with Crippen molar-refractivity contribution in [1.29, 1.82) is 0 Å². The Hall–Kier alpha value is -2.16. The molecule has 0 aliphatic rings. The van der Waals surface area contributed by atoms with Crippen LogP contribution < -0.4 is 10.6 Å². The summed E-state index contributed by atoms with van der Waals surface area (Å²) in [5.74, 6) is -2.86. The topological polar surface area (TPSA) is 136 Å². The van der Waals surface area contributed by atoms with Crippen LogP contribution in [0.5, 0.6) is 0 Å². The highest BCUT2D eigenvalue weighted by Gasteiger charge is 2.12. The second-order valence-electron chi connectivity index (χ2n) is 9.99. The second-order valence-corrected chi connectivity index (χ2v) is 9.99. The van der Waals surface area contributed by atoms with Gasteiger partial charge in [-0.25, -0.2) is 0 Å². The molecule has 0 spiro atoms. The van der Waals surface area contributed by atoms with E-state index in [1.54, 1.807) is 0 Å². The minimum absolute atomic E-state index is 0.156. The molecule has 0 fully saturated rings. The lowest BCUT2D eigenvalue weighted by Gasteiger charge is -2.21. The zero-order chi connectivity index (χ0) is 27.6. The molecule has 0 atom stereocenters. The Morgan fingerprint density at radius 1 is 0.514 bits per heavy atom. The summed E-state index contributed by atoms with van der Waals surface area (Å²) in [6.07, 6.45) is 21.0. The molecule has 0 saturated heterocycles. The number of carbonyl (C=O) groups excluding carboxylic acids is 2. The van der Waals surface area contributed by atoms with Crippen LogP contribution in [0.25, 0.3) is 0 Å². The second kappa shape index (κ2) is 25.5. The van der Waals surface area contributed by atoms with Gasteiger partial charge < -0.3 is 25.7 Å². The first-order valence-corrected chi connectivity index (χ1v) is 14.5. The van der Waals surface area contributed by atoms with Gasteiger partial charge in [-0.15, -0.1) is 0 Å². The fourth-order valence-corrected chi connectivity index (χ4v) is 4.26. The highest BCUT2D eigenvalue weighted by Crippen LogP contribution is 2.14. The highest BCUT2D eigenvalue weighted by molar-refractivity contribution is 5.81. The van der Waals surface area contributed by atoms with E-state index in [9.17, 15) is 19.2 Å². The molecule has 0 saturated carbocycles. The van der Waals surface area contributed by atoms with Crippen LogP contribution in [0.2, 0.25) is 0 Å². The van der Waals surface area contributed by atoms with Crippen LogP contribution in [0, 0.1) is 0 Å². The summed E-state index contributed by atoms with van der Waals surface area (Å²) in [7, 11) is 0. The van der Waals surface area contributed by atoms with Gasteiger partial charge >= 0.3 is 11.9 Å². The van der Waals surface area contributed by atoms with Crippen molar-refractivity contribution < 1.29 is 29.4 Å². The number of nitrogens with zero attached hydrogens (tertiary/aromatic N) is 1. The molecule has 0 unspecified atom stereocenters. The minimum Gasteiger partial charge on any atom is -0.480 e. The fourth-order valence-electron chi connectivity index (χ4n) is 4.26. The van der Waals surface area contributed by atoms with E-state index in [1.165, 1.54) is 89.9 Å². The first-order valence-electron chi connectivity index (χ1n) is 14.5. The van der Waals surface area contributed by atoms with E-state index in [0.717, 1.165) is 19.4 Å². The van der Waals surface area contributed by atoms with E-state index in [-0.39, 0.29) is 24.7 Å². The first kappa shape index (κ1) is 34.8. The average Bonchev–Trinajstić information content (AvgIpc) is 2.86. The van der Waals surface area contributed by atoms with Gasteiger partial charge in [0.1, 0.15) is 13.1 Å². The van der Waals surface area contributed by atoms with Gasteiger partial charge in [0.25, 0.3) is 0 Å². The molecular formula is C28H53N3O6. The molecule has 0 aromatic heterocycles. The van der Waals surface area contributed by atoms with Crippen molar-refractivity contribution in [3.63, 3.8) is 0 Å². The van der Waals surface area contributed by atoms with Crippen LogP contribution in [0.1, 0.15) is 122 Å². The lowest BCUT2D eigenvalue weighted by atomic mass is 10.0. The molecule has 0 heterocycles. The molecule has 0 aromatic carbocycles. The maximum Gasteiger partial charge on any atom is 0.322 e. The van der Waals surface area contributed by atoms with Gasteiger partial charge in [-0.2, -0.15) is 0 Å². The van der Waals surface area contributed by atoms with Gasteiger partial charge in [0, 0.05) is 25.9 Å². The largest absolute Gasteiger partial charge is 0.480 e. The molecule has 0 rings (SSSR count). The Morgan fingerprint density at radius 2 is 0.838 bits per heavy atom. The smallest absolute Gasteiger partial charge is 0.322 e. The Balaban J connectivity index is 3.93. The molecule has 216 valence electrons. The Labute approximate surface area is 224 Å². The summed E-state index contributed by atoms with van der Waals surface area (Å²) < 4.78 is 0. The van der Waals surface area contributed by atoms with E-state index in [0.29, 0.717) is 13.1 Å². The third-order valence-electron chi connectivity index (χ3n) is 6.51. The van der Waals surface area contributed by atoms with Crippen molar-refractivity contribution in [3.8, 4) is 0 Å². The first-order chi connectivity index (χ1) is 17.8. The standard InChI is InChI=1S/C28H53N3O6/c1-2-3-4-5-6-7-8-9-10-11-12-13-14-15-16-17-20-31(21-18-25(32)29-23-27(34)35)22-19-26(33)30-24-28(36)37/h2-24H2,1H3,(H,29,32)(H,30,33)(H,34,35)(H,36,37). The summed E-state index contributed by atoms with van der Waals surface area (Å²) in [6, 6.07) is 0. The molecule has 0 aromatic rings. The van der Waals surface area contributed by atoms with Gasteiger partial charge in [0.15, 0.2) is 0 Å². The molecule has 4 N–H and O–H groups in total. The van der Waals surface area contributed by atoms with Crippen molar-refractivity contribution in [2.75, 3.05) is 32.7 Å². The molecule has 9 nitrogen and oxygen atoms in total. The minimum atomic E-state index is -1.09. The lowest BCUT2D eigenvalue weighted by molar-refractivity contribution is -0.138. The number of hydrogen-bond donors (Lipinski definition) is 4. The van der Waals surface area contributed by atoms with Crippen LogP contribution >= 0.6 is 0 Å². The van der Waals surface area contributed by atoms with Crippen molar-refractivity contribution in [2.45, 2.75) is 122 Å². The van der Waals surface area contributed by atoms with Gasteiger partial charge in [-0.3, -0.25) is 19.2 Å². The molecule has 0 aliphatic carbocycles. The number of carbonyl (C=O) groups is 4. The highest BCUT2D eigenvalue weighted by atomic mass is 16.4. The van der Waals surface area contributed by atoms with Crippen LogP contribution in [0.3, 0.4) is 0 Å². The Bertz CT molecular complexity index is 581. The maximum absolute atomic E-state index is 11.8. The molecule has 0 bridgehead atoms. The van der Waals surface area contributed by atoms with Crippen molar-refractivity contribution >= 4 is 23.8 Å². The van der Waals surface area contributed by atoms with E-state index in [2.05, 4.69) is 17.6 Å². The number of aliphatic carboxylic acids is 2. The molecule has 37 heavy (non-hydrogen) atoms. The lowest BCUT2D eigenvalue weighted by Crippen LogP contribution is -2.36. The number of nitrogens with one attached hydrogen (secondary N) is 2. The monoisotopic (exact) mass is 527 g/mol. The molecule has 0 aliphatic heterocycles. The maximum atomic E-state index is 11.8. The summed E-state index contributed by atoms with van der Waals surface area (Å²) in [5, 5.41) is 22.0. The van der Waals surface area contributed by atoms with Gasteiger partial charge in [0.05, 0.1) is 0 Å². The van der Waals surface area contributed by atoms with Crippen LogP contribution in [0.15, 0.2) is 0 Å². The summed E-state index contributed by atoms with van der Waals surface area (Å²) in [6.45, 7) is 3.04. The van der Waals surface area contributed by atoms with Crippen molar-refractivity contribution in [3.05, 3.63) is 0 Å². The Morgan fingerprint density at radius 3 is 1.16 bits per heavy atom. The van der Waals surface area contributed by atoms with E-state index in [4.69, 9.17) is 10.2 Å². The number of carboxylic acids is 2. The summed E-state index contributed by atoms with van der Waals surface area (Å²) in [5.41, 5.74) is 0. The molecule has 9 heteroatoms. The van der Waals surface area contributed by atoms with E-state index in [1.807, 2.05) is 4.90 Å². The summed E-state index contributed by atoms with van der Waals surface area (Å²) in [4.78, 5) is 46.9. The average molecular weight is 528 g/mol. The van der Waals surface area contributed by atoms with Gasteiger partial charge in [-0.1, -0.05) is 103 Å². The van der Waals surface area contributed by atoms with E-state index >= 15 is 0 Å². The number of rotatable bonds is 27. The number of amides is 2. The zero-order valence-electron chi connectivity index (χ0n) is 23.2. The molecule has 0 radical (unpaired) electrons. The van der Waals surface area contributed by atoms with E-state index < -0.39 is 25.0 Å². The molecule has 2 amide bonds. The van der Waals surface area contributed by atoms with Crippen LogP contribution in [-0.4, -0.2) is 71.6 Å². The normalized spacial score (nSPS) is 11.0. The fraction of sp³-hybridized carbons (Fsp3) is 0.857. The third kappa shape index (κ3) is 26.7. The zero-order valence-corrected chi connectivity index (χ0v) is 23.2. The van der Waals surface area contributed by atoms with Gasteiger partial charge in [-0.05, 0) is 13.0 Å². The number of hydrogen-bond acceptors (Lipinski definition) is 5. The number of unbranched alkanes of at least 4 members (excludes halogenated alkanes) is 15. The SMILES string of the molecule is CCCCCCCCCCCCCCCCCCN(CCC(=O)NCC(=O)O)CCC(=O)NCC(=O)O. The quantitative estimate of drug-likeness (QED) is 0.113. The predicted octanol–water partition coefficient (Wildman–Crippen LogP) is 4.73. The summed E-state index contributed by atoms with van der Waals surface area (Å²) >= 11 is 0. The number of carboxylic acid groups (broad SMARTS) is 2.